The van der Waals surface area contributed by atoms with Crippen LogP contribution in [0.4, 0.5) is 4.79 Å². The minimum absolute atomic E-state index is 0.241. The molecule has 0 radical (unpaired) electrons. The summed E-state index contributed by atoms with van der Waals surface area (Å²) in [6, 6.07) is 3.80. The Morgan fingerprint density at radius 3 is 2.71 bits per heavy atom. The maximum Gasteiger partial charge on any atom is 0.410 e. The lowest BCUT2D eigenvalue weighted by Gasteiger charge is -2.32. The molecule has 2 aromatic rings. The Hall–Kier alpha value is -2.44. The molecule has 0 aromatic carbocycles. The highest BCUT2D eigenvalue weighted by Gasteiger charge is 2.28. The van der Waals surface area contributed by atoms with Crippen LogP contribution in [0.3, 0.4) is 0 Å². The van der Waals surface area contributed by atoms with Crippen LogP contribution in [0.25, 0.3) is 11.4 Å². The van der Waals surface area contributed by atoms with E-state index in [0.717, 1.165) is 24.2 Å². The molecule has 3 rings (SSSR count). The zero-order chi connectivity index (χ0) is 17.2. The largest absolute Gasteiger partial charge is 0.444 e. The summed E-state index contributed by atoms with van der Waals surface area (Å²) in [5, 5.41) is 7.32. The van der Waals surface area contributed by atoms with E-state index in [9.17, 15) is 4.79 Å². The zero-order valence-electron chi connectivity index (χ0n) is 14.3. The van der Waals surface area contributed by atoms with Crippen molar-refractivity contribution < 1.29 is 9.53 Å². The average Bonchev–Trinajstić information content (AvgIpc) is 3.04. The molecule has 2 aromatic heterocycles. The molecule has 0 saturated carbocycles. The molecule has 1 aliphatic rings. The van der Waals surface area contributed by atoms with Gasteiger partial charge in [-0.25, -0.2) is 9.78 Å². The first-order chi connectivity index (χ1) is 11.4. The van der Waals surface area contributed by atoms with E-state index < -0.39 is 5.60 Å². The minimum atomic E-state index is -0.461. The highest BCUT2D eigenvalue weighted by molar-refractivity contribution is 5.68. The lowest BCUT2D eigenvalue weighted by Crippen LogP contribution is -2.41. The average molecular weight is 329 g/mol. The Bertz CT molecular complexity index is 685. The third-order valence-electron chi connectivity index (χ3n) is 3.96. The fraction of sp³-hybridized carbons (Fsp3) is 0.529. The molecule has 7 heteroatoms. The van der Waals surface area contributed by atoms with Crippen molar-refractivity contribution in [1.29, 1.82) is 0 Å². The van der Waals surface area contributed by atoms with E-state index in [-0.39, 0.29) is 12.0 Å². The number of ether oxygens (including phenoxy) is 1. The van der Waals surface area contributed by atoms with Crippen molar-refractivity contribution in [2.75, 3.05) is 13.1 Å². The number of carbonyl (C=O) groups excluding carboxylic acids is 1. The Morgan fingerprint density at radius 2 is 2.08 bits per heavy atom. The number of pyridine rings is 1. The lowest BCUT2D eigenvalue weighted by atomic mass is 9.96. The lowest BCUT2D eigenvalue weighted by molar-refractivity contribution is 0.0203. The van der Waals surface area contributed by atoms with Crippen molar-refractivity contribution in [1.82, 2.24) is 25.1 Å². The van der Waals surface area contributed by atoms with Gasteiger partial charge in [-0.05, 0) is 45.7 Å². The summed E-state index contributed by atoms with van der Waals surface area (Å²) in [6.07, 6.45) is 4.93. The first-order valence-corrected chi connectivity index (χ1v) is 8.23. The molecule has 0 atom stereocenters. The smallest absolute Gasteiger partial charge is 0.410 e. The second kappa shape index (κ2) is 6.59. The summed E-state index contributed by atoms with van der Waals surface area (Å²) in [5.74, 6) is 1.81. The number of H-pyrrole nitrogens is 1. The van der Waals surface area contributed by atoms with Crippen LogP contribution in [0.1, 0.15) is 45.4 Å². The van der Waals surface area contributed by atoms with Crippen molar-refractivity contribution >= 4 is 6.09 Å². The van der Waals surface area contributed by atoms with Crippen molar-refractivity contribution in [3.63, 3.8) is 0 Å². The van der Waals surface area contributed by atoms with E-state index in [1.54, 1.807) is 17.3 Å². The van der Waals surface area contributed by atoms with Crippen LogP contribution in [-0.2, 0) is 4.74 Å². The molecule has 1 N–H and O–H groups in total. The van der Waals surface area contributed by atoms with Gasteiger partial charge >= 0.3 is 6.09 Å². The van der Waals surface area contributed by atoms with E-state index >= 15 is 0 Å². The van der Waals surface area contributed by atoms with Gasteiger partial charge in [0.25, 0.3) is 0 Å². The number of hydrogen-bond donors (Lipinski definition) is 1. The number of likely N-dealkylation sites (tertiary alicyclic amines) is 1. The summed E-state index contributed by atoms with van der Waals surface area (Å²) in [5.41, 5.74) is 0.434. The van der Waals surface area contributed by atoms with Crippen LogP contribution in [0, 0.1) is 0 Å². The molecule has 24 heavy (non-hydrogen) atoms. The van der Waals surface area contributed by atoms with Gasteiger partial charge in [-0.3, -0.25) is 10.1 Å². The van der Waals surface area contributed by atoms with Crippen LogP contribution >= 0.6 is 0 Å². The molecule has 0 spiro atoms. The van der Waals surface area contributed by atoms with Gasteiger partial charge < -0.3 is 9.64 Å². The van der Waals surface area contributed by atoms with E-state index in [1.165, 1.54) is 0 Å². The summed E-state index contributed by atoms with van der Waals surface area (Å²) < 4.78 is 5.42. The molecule has 1 aliphatic heterocycles. The molecular formula is C17H23N5O2. The molecule has 0 bridgehead atoms. The molecular weight excluding hydrogens is 306 g/mol. The van der Waals surface area contributed by atoms with Crippen molar-refractivity contribution in [2.24, 2.45) is 0 Å². The Balaban J connectivity index is 1.59. The molecule has 128 valence electrons. The van der Waals surface area contributed by atoms with Gasteiger partial charge in [0.15, 0.2) is 5.82 Å². The fourth-order valence-corrected chi connectivity index (χ4v) is 2.74. The third kappa shape index (κ3) is 3.90. The highest BCUT2D eigenvalue weighted by atomic mass is 16.6. The number of hydrogen-bond acceptors (Lipinski definition) is 5. The van der Waals surface area contributed by atoms with Crippen LogP contribution in [0.5, 0.6) is 0 Å². The number of piperidine rings is 1. The maximum absolute atomic E-state index is 12.1. The van der Waals surface area contributed by atoms with Gasteiger partial charge in [-0.1, -0.05) is 0 Å². The summed E-state index contributed by atoms with van der Waals surface area (Å²) in [6.45, 7) is 6.98. The molecule has 3 heterocycles. The van der Waals surface area contributed by atoms with Crippen molar-refractivity contribution in [3.8, 4) is 11.4 Å². The Kier molecular flexibility index (Phi) is 4.51. The topological polar surface area (TPSA) is 84.0 Å². The zero-order valence-corrected chi connectivity index (χ0v) is 14.3. The van der Waals surface area contributed by atoms with Crippen LogP contribution in [0.15, 0.2) is 24.5 Å². The number of nitrogens with zero attached hydrogens (tertiary/aromatic N) is 4. The summed E-state index contributed by atoms with van der Waals surface area (Å²) in [4.78, 5) is 22.6. The third-order valence-corrected chi connectivity index (χ3v) is 3.96. The number of aromatic nitrogens is 4. The second-order valence-corrected chi connectivity index (χ2v) is 7.03. The van der Waals surface area contributed by atoms with Crippen LogP contribution in [0.2, 0.25) is 0 Å². The first kappa shape index (κ1) is 16.4. The van der Waals surface area contributed by atoms with Gasteiger partial charge in [-0.2, -0.15) is 5.10 Å². The van der Waals surface area contributed by atoms with Crippen LogP contribution in [-0.4, -0.2) is 49.8 Å². The Labute approximate surface area is 141 Å². The van der Waals surface area contributed by atoms with E-state index in [2.05, 4.69) is 20.2 Å². The van der Waals surface area contributed by atoms with E-state index in [1.807, 2.05) is 32.9 Å². The quantitative estimate of drug-likeness (QED) is 0.915. The van der Waals surface area contributed by atoms with Crippen molar-refractivity contribution in [3.05, 3.63) is 30.4 Å². The Morgan fingerprint density at radius 1 is 1.33 bits per heavy atom. The standard InChI is InChI=1S/C17H23N5O2/c1-17(2,3)24-16(23)22-9-6-12(7-10-22)14-19-15(21-20-14)13-5-4-8-18-11-13/h4-5,8,11-12H,6-7,9-10H2,1-3H3,(H,19,20,21). The minimum Gasteiger partial charge on any atom is -0.444 e. The fourth-order valence-electron chi connectivity index (χ4n) is 2.74. The molecule has 1 fully saturated rings. The van der Waals surface area contributed by atoms with Gasteiger partial charge in [0.2, 0.25) is 0 Å². The molecule has 0 aliphatic carbocycles. The first-order valence-electron chi connectivity index (χ1n) is 8.23. The number of amides is 1. The monoisotopic (exact) mass is 329 g/mol. The van der Waals surface area contributed by atoms with Gasteiger partial charge in [0.05, 0.1) is 0 Å². The predicted molar refractivity (Wildman–Crippen MR) is 89.4 cm³/mol. The highest BCUT2D eigenvalue weighted by Crippen LogP contribution is 2.27. The molecule has 7 nitrogen and oxygen atoms in total. The number of aromatic amines is 1. The maximum atomic E-state index is 12.1. The predicted octanol–water partition coefficient (Wildman–Crippen LogP) is 2.98. The normalized spacial score (nSPS) is 16.2. The van der Waals surface area contributed by atoms with Gasteiger partial charge in [-0.15, -0.1) is 0 Å². The van der Waals surface area contributed by atoms with Gasteiger partial charge in [0, 0.05) is 37.0 Å². The number of rotatable bonds is 2. The van der Waals surface area contributed by atoms with E-state index in [0.29, 0.717) is 18.9 Å². The SMILES string of the molecule is CC(C)(C)OC(=O)N1CCC(c2nc(-c3cccnc3)n[nH]2)CC1. The summed E-state index contributed by atoms with van der Waals surface area (Å²) in [7, 11) is 0. The molecule has 1 saturated heterocycles. The number of nitrogens with one attached hydrogen (secondary N) is 1. The summed E-state index contributed by atoms with van der Waals surface area (Å²) >= 11 is 0. The molecule has 1 amide bonds. The van der Waals surface area contributed by atoms with Crippen molar-refractivity contribution in [2.45, 2.75) is 45.1 Å². The second-order valence-electron chi connectivity index (χ2n) is 7.03. The van der Waals surface area contributed by atoms with E-state index in [4.69, 9.17) is 4.74 Å². The van der Waals surface area contributed by atoms with Gasteiger partial charge in [0.1, 0.15) is 11.4 Å². The number of carbonyl (C=O) groups is 1. The van der Waals surface area contributed by atoms with Crippen LogP contribution < -0.4 is 0 Å². The molecule has 0 unspecified atom stereocenters.